The lowest BCUT2D eigenvalue weighted by atomic mass is 10.2. The first-order valence-corrected chi connectivity index (χ1v) is 9.86. The molecule has 3 rings (SSSR count). The second kappa shape index (κ2) is 8.97. The van der Waals surface area contributed by atoms with Gasteiger partial charge in [0.05, 0.1) is 17.5 Å². The second-order valence-electron chi connectivity index (χ2n) is 6.44. The summed E-state index contributed by atoms with van der Waals surface area (Å²) in [6, 6.07) is 15.1. The molecule has 0 spiro atoms. The van der Waals surface area contributed by atoms with Gasteiger partial charge in [-0.2, -0.15) is 4.98 Å². The maximum Gasteiger partial charge on any atom is 0.374 e. The van der Waals surface area contributed by atoms with Gasteiger partial charge in [0.15, 0.2) is 0 Å². The molecule has 144 valence electrons. The first kappa shape index (κ1) is 20.0. The van der Waals surface area contributed by atoms with Crippen molar-refractivity contribution in [1.29, 1.82) is 0 Å². The highest BCUT2D eigenvalue weighted by Gasteiger charge is 2.18. The van der Waals surface area contributed by atoms with Crippen LogP contribution in [0.3, 0.4) is 0 Å². The Morgan fingerprint density at radius 3 is 2.57 bits per heavy atom. The van der Waals surface area contributed by atoms with Crippen molar-refractivity contribution in [3.05, 3.63) is 70.2 Å². The minimum atomic E-state index is -0.542. The smallest absolute Gasteiger partial charge is 0.374 e. The van der Waals surface area contributed by atoms with Gasteiger partial charge in [0.1, 0.15) is 5.82 Å². The number of ether oxygens (including phenoxy) is 2. The van der Waals surface area contributed by atoms with Crippen molar-refractivity contribution in [2.45, 2.75) is 26.7 Å². The number of hydrogen-bond donors (Lipinski definition) is 0. The van der Waals surface area contributed by atoms with Gasteiger partial charge < -0.3 is 9.47 Å². The van der Waals surface area contributed by atoms with E-state index in [1.807, 2.05) is 62.4 Å². The molecule has 0 radical (unpaired) electrons. The van der Waals surface area contributed by atoms with Gasteiger partial charge in [-0.1, -0.05) is 60.1 Å². The molecule has 3 aromatic rings. The summed E-state index contributed by atoms with van der Waals surface area (Å²) in [6.45, 7) is 6.03. The van der Waals surface area contributed by atoms with Crippen LogP contribution in [0.5, 0.6) is 5.88 Å². The van der Waals surface area contributed by atoms with Crippen LogP contribution >= 0.6 is 15.9 Å². The third-order valence-electron chi connectivity index (χ3n) is 3.94. The largest absolute Gasteiger partial charge is 0.460 e. The third kappa shape index (κ3) is 4.75. The number of fused-ring (bicyclic) bond motifs is 1. The van der Waals surface area contributed by atoms with E-state index in [0.717, 1.165) is 15.6 Å². The Bertz CT molecular complexity index is 1020. The molecule has 0 bridgehead atoms. The predicted octanol–water partition coefficient (Wildman–Crippen LogP) is 5.50. The molecule has 0 aliphatic carbocycles. The van der Waals surface area contributed by atoms with Crippen molar-refractivity contribution in [2.75, 3.05) is 6.61 Å². The molecule has 2 aromatic carbocycles. The number of rotatable bonds is 6. The quantitative estimate of drug-likeness (QED) is 0.287. The maximum absolute atomic E-state index is 12.5. The summed E-state index contributed by atoms with van der Waals surface area (Å²) >= 11 is 3.47. The summed E-state index contributed by atoms with van der Waals surface area (Å²) in [4.78, 5) is 21.7. The Balaban J connectivity index is 2.11. The SMILES string of the molecule is CCOC(=O)/C(=C/c1ccccc1)Oc1nc(C(C)C)nc2ccc(Br)cc12. The average molecular weight is 441 g/mol. The lowest BCUT2D eigenvalue weighted by Gasteiger charge is -2.13. The molecule has 0 fully saturated rings. The zero-order valence-electron chi connectivity index (χ0n) is 16.0. The summed E-state index contributed by atoms with van der Waals surface area (Å²) in [5, 5.41) is 0.710. The highest BCUT2D eigenvalue weighted by molar-refractivity contribution is 9.10. The fourth-order valence-corrected chi connectivity index (χ4v) is 2.92. The highest BCUT2D eigenvalue weighted by atomic mass is 79.9. The molecule has 0 N–H and O–H groups in total. The Morgan fingerprint density at radius 1 is 1.14 bits per heavy atom. The minimum Gasteiger partial charge on any atom is -0.460 e. The van der Waals surface area contributed by atoms with Crippen molar-refractivity contribution >= 4 is 38.9 Å². The van der Waals surface area contributed by atoms with E-state index in [1.165, 1.54) is 0 Å². The number of nitrogens with zero attached hydrogens (tertiary/aromatic N) is 2. The van der Waals surface area contributed by atoms with Gasteiger partial charge in [-0.05, 0) is 36.8 Å². The topological polar surface area (TPSA) is 61.3 Å². The van der Waals surface area contributed by atoms with Crippen LogP contribution in [0.15, 0.2) is 58.8 Å². The highest BCUT2D eigenvalue weighted by Crippen LogP contribution is 2.29. The number of esters is 1. The minimum absolute atomic E-state index is 0.0720. The van der Waals surface area contributed by atoms with Crippen molar-refractivity contribution in [3.8, 4) is 5.88 Å². The molecule has 28 heavy (non-hydrogen) atoms. The van der Waals surface area contributed by atoms with Gasteiger partial charge >= 0.3 is 5.97 Å². The van der Waals surface area contributed by atoms with Gasteiger partial charge in [-0.25, -0.2) is 9.78 Å². The molecule has 0 saturated heterocycles. The number of halogens is 1. The summed E-state index contributed by atoms with van der Waals surface area (Å²) in [7, 11) is 0. The molecular weight excluding hydrogens is 420 g/mol. The maximum atomic E-state index is 12.5. The zero-order chi connectivity index (χ0) is 20.1. The Morgan fingerprint density at radius 2 is 1.89 bits per heavy atom. The van der Waals surface area contributed by atoms with Crippen LogP contribution in [-0.2, 0) is 9.53 Å². The van der Waals surface area contributed by atoms with Gasteiger partial charge in [-0.15, -0.1) is 0 Å². The van der Waals surface area contributed by atoms with Gasteiger partial charge in [0.2, 0.25) is 11.6 Å². The van der Waals surface area contributed by atoms with Crippen molar-refractivity contribution in [2.24, 2.45) is 0 Å². The molecule has 0 unspecified atom stereocenters. The summed E-state index contributed by atoms with van der Waals surface area (Å²) in [6.07, 6.45) is 1.65. The van der Waals surface area contributed by atoms with Gasteiger partial charge in [0, 0.05) is 10.4 Å². The van der Waals surface area contributed by atoms with E-state index in [9.17, 15) is 4.79 Å². The average Bonchev–Trinajstić information content (AvgIpc) is 2.68. The monoisotopic (exact) mass is 440 g/mol. The summed E-state index contributed by atoms with van der Waals surface area (Å²) in [5.41, 5.74) is 1.58. The van der Waals surface area contributed by atoms with E-state index >= 15 is 0 Å². The van der Waals surface area contributed by atoms with Crippen LogP contribution in [0.2, 0.25) is 0 Å². The lowest BCUT2D eigenvalue weighted by molar-refractivity contribution is -0.140. The fraction of sp³-hybridized carbons (Fsp3) is 0.227. The first-order chi connectivity index (χ1) is 13.5. The third-order valence-corrected chi connectivity index (χ3v) is 4.43. The molecule has 0 saturated carbocycles. The van der Waals surface area contributed by atoms with Crippen molar-refractivity contribution < 1.29 is 14.3 Å². The fourth-order valence-electron chi connectivity index (χ4n) is 2.56. The summed E-state index contributed by atoms with van der Waals surface area (Å²) < 4.78 is 12.1. The lowest BCUT2D eigenvalue weighted by Crippen LogP contribution is -2.14. The zero-order valence-corrected chi connectivity index (χ0v) is 17.6. The molecule has 6 heteroatoms. The number of benzene rings is 2. The predicted molar refractivity (Wildman–Crippen MR) is 113 cm³/mol. The number of carbonyl (C=O) groups is 1. The van der Waals surface area contributed by atoms with E-state index in [2.05, 4.69) is 25.9 Å². The van der Waals surface area contributed by atoms with E-state index in [-0.39, 0.29) is 18.3 Å². The Hall–Kier alpha value is -2.73. The molecule has 0 atom stereocenters. The first-order valence-electron chi connectivity index (χ1n) is 9.07. The van der Waals surface area contributed by atoms with E-state index in [4.69, 9.17) is 9.47 Å². The van der Waals surface area contributed by atoms with Crippen LogP contribution < -0.4 is 4.74 Å². The van der Waals surface area contributed by atoms with E-state index < -0.39 is 5.97 Å². The Labute approximate surface area is 172 Å². The molecule has 0 amide bonds. The molecule has 1 aromatic heterocycles. The molecule has 0 aliphatic rings. The van der Waals surface area contributed by atoms with Crippen LogP contribution in [-0.4, -0.2) is 22.5 Å². The number of aromatic nitrogens is 2. The van der Waals surface area contributed by atoms with Gasteiger partial charge in [0.25, 0.3) is 0 Å². The van der Waals surface area contributed by atoms with Crippen molar-refractivity contribution in [1.82, 2.24) is 9.97 Å². The second-order valence-corrected chi connectivity index (χ2v) is 7.36. The van der Waals surface area contributed by atoms with Crippen LogP contribution in [0.25, 0.3) is 17.0 Å². The molecule has 1 heterocycles. The van der Waals surface area contributed by atoms with Crippen molar-refractivity contribution in [3.63, 3.8) is 0 Å². The number of hydrogen-bond acceptors (Lipinski definition) is 5. The molecule has 5 nitrogen and oxygen atoms in total. The standard InChI is InChI=1S/C22H21BrN2O3/c1-4-27-22(26)19(12-15-8-6-5-7-9-15)28-21-17-13-16(23)10-11-18(17)24-20(25-21)14(2)3/h5-14H,4H2,1-3H3/b19-12-. The molecular formula is C22H21BrN2O3. The van der Waals surface area contributed by atoms with Crippen LogP contribution in [0.1, 0.15) is 38.1 Å². The van der Waals surface area contributed by atoms with E-state index in [0.29, 0.717) is 17.1 Å². The van der Waals surface area contributed by atoms with E-state index in [1.54, 1.807) is 13.0 Å². The van der Waals surface area contributed by atoms with Crippen LogP contribution in [0.4, 0.5) is 0 Å². The van der Waals surface area contributed by atoms with Gasteiger partial charge in [-0.3, -0.25) is 0 Å². The molecule has 0 aliphatic heterocycles. The van der Waals surface area contributed by atoms with Crippen LogP contribution in [0, 0.1) is 0 Å². The Kier molecular flexibility index (Phi) is 6.41. The number of carbonyl (C=O) groups excluding carboxylic acids is 1. The normalized spacial score (nSPS) is 11.7. The summed E-state index contributed by atoms with van der Waals surface area (Å²) in [5.74, 6) is 0.611.